The van der Waals surface area contributed by atoms with E-state index in [-0.39, 0.29) is 5.41 Å². The van der Waals surface area contributed by atoms with Crippen molar-refractivity contribution in [3.63, 3.8) is 0 Å². The largest absolute Gasteiger partial charge is 0.364 e. The second kappa shape index (κ2) is 3.30. The second-order valence-electron chi connectivity index (χ2n) is 4.76. The summed E-state index contributed by atoms with van der Waals surface area (Å²) in [5, 5.41) is 0. The molecule has 2 rings (SSSR count). The van der Waals surface area contributed by atoms with Gasteiger partial charge in [0, 0.05) is 17.3 Å². The fourth-order valence-electron chi connectivity index (χ4n) is 2.15. The molecule has 0 fully saturated rings. The Balaban J connectivity index is 2.27. The zero-order valence-electron chi connectivity index (χ0n) is 9.35. The van der Waals surface area contributed by atoms with E-state index >= 15 is 0 Å². The van der Waals surface area contributed by atoms with Crippen molar-refractivity contribution in [3.8, 4) is 0 Å². The maximum atomic E-state index is 3.42. The van der Waals surface area contributed by atoms with Gasteiger partial charge in [0.15, 0.2) is 0 Å². The van der Waals surface area contributed by atoms with Gasteiger partial charge in [-0.05, 0) is 24.0 Å². The number of rotatable bonds is 3. The van der Waals surface area contributed by atoms with Crippen LogP contribution in [0.1, 0.15) is 50.4 Å². The molecule has 76 valence electrons. The Morgan fingerprint density at radius 3 is 2.86 bits per heavy atom. The Morgan fingerprint density at radius 1 is 1.36 bits per heavy atom. The molecule has 0 spiro atoms. The Labute approximate surface area is 86.2 Å². The molecule has 1 N–H and O–H groups in total. The van der Waals surface area contributed by atoms with Crippen molar-refractivity contribution in [1.29, 1.82) is 0 Å². The van der Waals surface area contributed by atoms with Gasteiger partial charge in [0.25, 0.3) is 0 Å². The van der Waals surface area contributed by atoms with Gasteiger partial charge in [-0.15, -0.1) is 0 Å². The highest BCUT2D eigenvalue weighted by Crippen LogP contribution is 2.36. The van der Waals surface area contributed by atoms with E-state index in [0.717, 1.165) is 0 Å². The molecule has 14 heavy (non-hydrogen) atoms. The highest BCUT2D eigenvalue weighted by molar-refractivity contribution is 5.66. The lowest BCUT2D eigenvalue weighted by molar-refractivity contribution is 0.661. The normalized spacial score (nSPS) is 17.4. The summed E-state index contributed by atoms with van der Waals surface area (Å²) in [6, 6.07) is 0. The molecule has 0 unspecified atom stereocenters. The maximum Gasteiger partial charge on any atom is 0.0319 e. The van der Waals surface area contributed by atoms with Crippen molar-refractivity contribution in [2.24, 2.45) is 0 Å². The van der Waals surface area contributed by atoms with E-state index in [9.17, 15) is 0 Å². The molecule has 1 aliphatic rings. The Morgan fingerprint density at radius 2 is 2.14 bits per heavy atom. The molecule has 1 aromatic rings. The minimum atomic E-state index is 0.208. The van der Waals surface area contributed by atoms with Gasteiger partial charge in [0.1, 0.15) is 0 Å². The molecule has 1 heterocycles. The first kappa shape index (κ1) is 9.57. The van der Waals surface area contributed by atoms with E-state index in [0.29, 0.717) is 0 Å². The van der Waals surface area contributed by atoms with Crippen LogP contribution in [-0.2, 0) is 11.8 Å². The SMILES string of the molecule is CCCCc1c[nH]c2c1C=CC2(C)C. The van der Waals surface area contributed by atoms with Crippen LogP contribution in [-0.4, -0.2) is 4.98 Å². The number of nitrogens with one attached hydrogen (secondary N) is 1. The molecule has 1 aliphatic carbocycles. The third kappa shape index (κ3) is 1.41. The van der Waals surface area contributed by atoms with E-state index in [1.54, 1.807) is 0 Å². The van der Waals surface area contributed by atoms with E-state index in [1.807, 2.05) is 0 Å². The molecule has 1 nitrogen and oxygen atoms in total. The van der Waals surface area contributed by atoms with Crippen molar-refractivity contribution in [2.45, 2.75) is 45.4 Å². The zero-order valence-corrected chi connectivity index (χ0v) is 9.35. The van der Waals surface area contributed by atoms with Crippen molar-refractivity contribution in [1.82, 2.24) is 4.98 Å². The molecule has 0 saturated carbocycles. The van der Waals surface area contributed by atoms with E-state index in [1.165, 1.54) is 36.1 Å². The van der Waals surface area contributed by atoms with Crippen LogP contribution in [0.4, 0.5) is 0 Å². The summed E-state index contributed by atoms with van der Waals surface area (Å²) in [4.78, 5) is 3.42. The minimum absolute atomic E-state index is 0.208. The molecule has 0 amide bonds. The highest BCUT2D eigenvalue weighted by Gasteiger charge is 2.27. The molecule has 1 heteroatoms. The van der Waals surface area contributed by atoms with Gasteiger partial charge < -0.3 is 4.98 Å². The molecule has 1 aromatic heterocycles. The van der Waals surface area contributed by atoms with Crippen LogP contribution in [0, 0.1) is 0 Å². The predicted octanol–water partition coefficient (Wildman–Crippen LogP) is 3.66. The Kier molecular flexibility index (Phi) is 2.26. The van der Waals surface area contributed by atoms with E-state index < -0.39 is 0 Å². The Bertz CT molecular complexity index is 355. The van der Waals surface area contributed by atoms with Gasteiger partial charge >= 0.3 is 0 Å². The van der Waals surface area contributed by atoms with Crippen LogP contribution in [0.5, 0.6) is 0 Å². The van der Waals surface area contributed by atoms with Gasteiger partial charge in [-0.1, -0.05) is 39.3 Å². The summed E-state index contributed by atoms with van der Waals surface area (Å²) in [5.41, 5.74) is 4.54. The second-order valence-corrected chi connectivity index (χ2v) is 4.76. The number of hydrogen-bond donors (Lipinski definition) is 1. The van der Waals surface area contributed by atoms with Crippen LogP contribution < -0.4 is 0 Å². The van der Waals surface area contributed by atoms with Gasteiger partial charge in [0.05, 0.1) is 0 Å². The monoisotopic (exact) mass is 189 g/mol. The molecule has 0 radical (unpaired) electrons. The highest BCUT2D eigenvalue weighted by atomic mass is 14.7. The molecule has 0 aromatic carbocycles. The number of aryl methyl sites for hydroxylation is 1. The number of allylic oxidation sites excluding steroid dienone is 1. The number of aromatic amines is 1. The lowest BCUT2D eigenvalue weighted by Gasteiger charge is -2.14. The first-order valence-corrected chi connectivity index (χ1v) is 5.55. The lowest BCUT2D eigenvalue weighted by atomic mass is 9.92. The first-order chi connectivity index (χ1) is 6.65. The third-order valence-electron chi connectivity index (χ3n) is 3.12. The summed E-state index contributed by atoms with van der Waals surface area (Å²) in [7, 11) is 0. The molecule has 0 atom stereocenters. The van der Waals surface area contributed by atoms with Crippen molar-refractivity contribution < 1.29 is 0 Å². The van der Waals surface area contributed by atoms with Crippen LogP contribution in [0.25, 0.3) is 6.08 Å². The molecule has 0 saturated heterocycles. The van der Waals surface area contributed by atoms with Crippen LogP contribution in [0.3, 0.4) is 0 Å². The van der Waals surface area contributed by atoms with Gasteiger partial charge in [-0.25, -0.2) is 0 Å². The minimum Gasteiger partial charge on any atom is -0.364 e. The fourth-order valence-corrected chi connectivity index (χ4v) is 2.15. The van der Waals surface area contributed by atoms with E-state index in [4.69, 9.17) is 0 Å². The smallest absolute Gasteiger partial charge is 0.0319 e. The summed E-state index contributed by atoms with van der Waals surface area (Å²) < 4.78 is 0. The van der Waals surface area contributed by atoms with Crippen molar-refractivity contribution in [2.75, 3.05) is 0 Å². The summed E-state index contributed by atoms with van der Waals surface area (Å²) in [5.74, 6) is 0. The number of hydrogen-bond acceptors (Lipinski definition) is 0. The van der Waals surface area contributed by atoms with E-state index in [2.05, 4.69) is 44.1 Å². The standard InChI is InChI=1S/C13H19N/c1-4-5-6-10-9-14-12-11(10)7-8-13(12,2)3/h7-9,14H,4-6H2,1-3H3. The van der Waals surface area contributed by atoms with Crippen molar-refractivity contribution in [3.05, 3.63) is 29.1 Å². The molecular weight excluding hydrogens is 170 g/mol. The number of H-pyrrole nitrogens is 1. The van der Waals surface area contributed by atoms with Gasteiger partial charge in [0.2, 0.25) is 0 Å². The average Bonchev–Trinajstić information content (AvgIpc) is 2.65. The maximum absolute atomic E-state index is 3.42. The van der Waals surface area contributed by atoms with Crippen LogP contribution >= 0.6 is 0 Å². The first-order valence-electron chi connectivity index (χ1n) is 5.55. The number of unbranched alkanes of at least 4 members (excludes halogenated alkanes) is 1. The quantitative estimate of drug-likeness (QED) is 0.747. The Hall–Kier alpha value is -0.980. The zero-order chi connectivity index (χ0) is 10.2. The number of fused-ring (bicyclic) bond motifs is 1. The van der Waals surface area contributed by atoms with Crippen molar-refractivity contribution >= 4 is 6.08 Å². The summed E-state index contributed by atoms with van der Waals surface area (Å²) in [6.07, 6.45) is 10.5. The topological polar surface area (TPSA) is 15.8 Å². The fraction of sp³-hybridized carbons (Fsp3) is 0.538. The summed E-state index contributed by atoms with van der Waals surface area (Å²) >= 11 is 0. The summed E-state index contributed by atoms with van der Waals surface area (Å²) in [6.45, 7) is 6.76. The predicted molar refractivity (Wildman–Crippen MR) is 61.5 cm³/mol. The van der Waals surface area contributed by atoms with Gasteiger partial charge in [-0.2, -0.15) is 0 Å². The molecule has 0 bridgehead atoms. The average molecular weight is 189 g/mol. The van der Waals surface area contributed by atoms with Crippen LogP contribution in [0.15, 0.2) is 12.3 Å². The number of aromatic nitrogens is 1. The molecule has 0 aliphatic heterocycles. The molecular formula is C13H19N. The van der Waals surface area contributed by atoms with Crippen LogP contribution in [0.2, 0.25) is 0 Å². The third-order valence-corrected chi connectivity index (χ3v) is 3.12. The lowest BCUT2D eigenvalue weighted by Crippen LogP contribution is -2.10. The van der Waals surface area contributed by atoms with Gasteiger partial charge in [-0.3, -0.25) is 0 Å².